The van der Waals surface area contributed by atoms with Crippen LogP contribution in [0, 0.1) is 5.82 Å². The van der Waals surface area contributed by atoms with E-state index in [0.717, 1.165) is 17.8 Å². The summed E-state index contributed by atoms with van der Waals surface area (Å²) in [5.74, 6) is -0.288. The number of hydrogen-bond donors (Lipinski definition) is 2. The summed E-state index contributed by atoms with van der Waals surface area (Å²) in [6.07, 6.45) is -4.58. The van der Waals surface area contributed by atoms with Gasteiger partial charge in [0.15, 0.2) is 0 Å². The van der Waals surface area contributed by atoms with Crippen LogP contribution < -0.4 is 4.90 Å². The maximum atomic E-state index is 13.3. The van der Waals surface area contributed by atoms with Gasteiger partial charge in [0.2, 0.25) is 5.91 Å². The predicted octanol–water partition coefficient (Wildman–Crippen LogP) is 6.54. The average Bonchev–Trinajstić information content (AvgIpc) is 2.92. The Morgan fingerprint density at radius 3 is 2.18 bits per heavy atom. The largest absolute Gasteiger partial charge is 0.508 e. The van der Waals surface area contributed by atoms with Gasteiger partial charge in [0.25, 0.3) is 0 Å². The van der Waals surface area contributed by atoms with E-state index in [2.05, 4.69) is 4.98 Å². The van der Waals surface area contributed by atoms with E-state index in [-0.39, 0.29) is 17.4 Å². The lowest BCUT2D eigenvalue weighted by Gasteiger charge is -2.47. The predicted molar refractivity (Wildman–Crippen MR) is 141 cm³/mol. The number of nitrogens with zero attached hydrogens (tertiary/aromatic N) is 2. The third-order valence-electron chi connectivity index (χ3n) is 6.50. The number of aromatic hydroxyl groups is 1. The number of β-lactam (4-membered cyclic amide) rings is 1. The number of hydrogen-bond acceptors (Lipinski definition) is 5. The van der Waals surface area contributed by atoms with E-state index < -0.39 is 35.0 Å². The van der Waals surface area contributed by atoms with E-state index in [9.17, 15) is 32.6 Å². The fraction of sp³-hybridized carbons (Fsp3) is 0.172. The fourth-order valence-corrected chi connectivity index (χ4v) is 5.71. The van der Waals surface area contributed by atoms with Crippen LogP contribution in [0.4, 0.5) is 23.2 Å². The van der Waals surface area contributed by atoms with E-state index in [1.165, 1.54) is 54.2 Å². The minimum atomic E-state index is -4.47. The molecule has 0 radical (unpaired) electrons. The molecule has 4 aromatic rings. The number of aliphatic hydroxyl groups excluding tert-OH is 1. The van der Waals surface area contributed by atoms with Crippen LogP contribution in [0.15, 0.2) is 91.1 Å². The molecule has 5 rings (SSSR count). The van der Waals surface area contributed by atoms with Crippen LogP contribution in [-0.2, 0) is 11.0 Å². The number of pyridine rings is 1. The molecule has 1 aliphatic heterocycles. The number of amides is 1. The van der Waals surface area contributed by atoms with Gasteiger partial charge < -0.3 is 15.1 Å². The van der Waals surface area contributed by atoms with Crippen molar-refractivity contribution in [3.05, 3.63) is 114 Å². The number of alkyl halides is 3. The molecule has 2 heterocycles. The number of rotatable bonds is 7. The SMILES string of the molecule is O=C1[C@H](SC[C@H](O)c2ccc(F)cc2)[C@@H](c2ccc(O)cc2)N1c1ccc(-c2ccc(C(F)(F)F)cn2)cc1. The zero-order valence-corrected chi connectivity index (χ0v) is 21.0. The highest BCUT2D eigenvalue weighted by Gasteiger charge is 2.49. The molecular weight excluding hydrogens is 532 g/mol. The number of benzene rings is 3. The number of carbonyl (C=O) groups is 1. The monoisotopic (exact) mass is 554 g/mol. The van der Waals surface area contributed by atoms with E-state index in [0.29, 0.717) is 22.5 Å². The average molecular weight is 555 g/mol. The molecule has 200 valence electrons. The molecule has 1 aliphatic rings. The molecule has 0 unspecified atom stereocenters. The summed E-state index contributed by atoms with van der Waals surface area (Å²) < 4.78 is 51.8. The van der Waals surface area contributed by atoms with Crippen molar-refractivity contribution in [2.45, 2.75) is 23.6 Å². The van der Waals surface area contributed by atoms with Crippen molar-refractivity contribution in [3.63, 3.8) is 0 Å². The van der Waals surface area contributed by atoms with Gasteiger partial charge in [-0.15, -0.1) is 11.8 Å². The lowest BCUT2D eigenvalue weighted by molar-refractivity contribution is -0.137. The highest BCUT2D eigenvalue weighted by atomic mass is 32.2. The van der Waals surface area contributed by atoms with E-state index in [4.69, 9.17) is 0 Å². The lowest BCUT2D eigenvalue weighted by atomic mass is 9.92. The Labute approximate surface area is 225 Å². The summed E-state index contributed by atoms with van der Waals surface area (Å²) in [5.41, 5.74) is 2.04. The van der Waals surface area contributed by atoms with Gasteiger partial charge in [-0.3, -0.25) is 9.78 Å². The minimum absolute atomic E-state index is 0.0836. The molecule has 2 N–H and O–H groups in total. The normalized spacial score (nSPS) is 18.1. The zero-order chi connectivity index (χ0) is 27.7. The van der Waals surface area contributed by atoms with E-state index >= 15 is 0 Å². The maximum Gasteiger partial charge on any atom is 0.417 e. The number of thioether (sulfide) groups is 1. The molecular formula is C29H22F4N2O3S. The molecule has 0 saturated carbocycles. The second kappa shape index (κ2) is 10.7. The summed E-state index contributed by atoms with van der Waals surface area (Å²) in [6.45, 7) is 0. The van der Waals surface area contributed by atoms with Crippen molar-refractivity contribution in [1.82, 2.24) is 4.98 Å². The van der Waals surface area contributed by atoms with Crippen LogP contribution >= 0.6 is 11.8 Å². The molecule has 3 atom stereocenters. The van der Waals surface area contributed by atoms with Crippen molar-refractivity contribution in [2.24, 2.45) is 0 Å². The molecule has 1 aromatic heterocycles. The van der Waals surface area contributed by atoms with Crippen LogP contribution in [0.25, 0.3) is 11.3 Å². The Kier molecular flexibility index (Phi) is 7.33. The van der Waals surface area contributed by atoms with Crippen LogP contribution in [0.3, 0.4) is 0 Å². The van der Waals surface area contributed by atoms with Gasteiger partial charge in [0.1, 0.15) is 16.8 Å². The van der Waals surface area contributed by atoms with Gasteiger partial charge in [-0.25, -0.2) is 4.39 Å². The zero-order valence-electron chi connectivity index (χ0n) is 20.2. The van der Waals surface area contributed by atoms with Gasteiger partial charge in [-0.2, -0.15) is 13.2 Å². The second-order valence-electron chi connectivity index (χ2n) is 9.04. The molecule has 39 heavy (non-hydrogen) atoms. The van der Waals surface area contributed by atoms with Crippen molar-refractivity contribution in [1.29, 1.82) is 0 Å². The summed E-state index contributed by atoms with van der Waals surface area (Å²) in [4.78, 5) is 18.8. The number of carbonyl (C=O) groups excluding carboxylic acids is 1. The summed E-state index contributed by atoms with van der Waals surface area (Å²) in [7, 11) is 0. The first-order chi connectivity index (χ1) is 18.6. The maximum absolute atomic E-state index is 13.3. The summed E-state index contributed by atoms with van der Waals surface area (Å²) in [5, 5.41) is 19.8. The fourth-order valence-electron chi connectivity index (χ4n) is 4.41. The van der Waals surface area contributed by atoms with Crippen LogP contribution in [0.5, 0.6) is 5.75 Å². The molecule has 1 saturated heterocycles. The Morgan fingerprint density at radius 1 is 0.923 bits per heavy atom. The number of phenolic OH excluding ortho intramolecular Hbond substituents is 1. The molecule has 5 nitrogen and oxygen atoms in total. The first-order valence-electron chi connectivity index (χ1n) is 11.9. The number of aliphatic hydroxyl groups is 1. The van der Waals surface area contributed by atoms with Gasteiger partial charge in [-0.05, 0) is 59.7 Å². The highest BCUT2D eigenvalue weighted by Crippen LogP contribution is 2.46. The number of anilines is 1. The van der Waals surface area contributed by atoms with E-state index in [1.54, 1.807) is 41.3 Å². The molecule has 0 aliphatic carbocycles. The molecule has 10 heteroatoms. The topological polar surface area (TPSA) is 73.7 Å². The Morgan fingerprint density at radius 2 is 1.59 bits per heavy atom. The van der Waals surface area contributed by atoms with Crippen molar-refractivity contribution in [3.8, 4) is 17.0 Å². The minimum Gasteiger partial charge on any atom is -0.508 e. The number of aromatic nitrogens is 1. The third kappa shape index (κ3) is 5.62. The quantitative estimate of drug-likeness (QED) is 0.201. The van der Waals surface area contributed by atoms with Crippen LogP contribution in [-0.4, -0.2) is 32.1 Å². The Bertz CT molecular complexity index is 1440. The Hall–Kier alpha value is -3.89. The summed E-state index contributed by atoms with van der Waals surface area (Å²) >= 11 is 1.29. The molecule has 1 fully saturated rings. The third-order valence-corrected chi connectivity index (χ3v) is 7.83. The molecule has 0 spiro atoms. The smallest absolute Gasteiger partial charge is 0.417 e. The van der Waals surface area contributed by atoms with Crippen LogP contribution in [0.1, 0.15) is 28.8 Å². The first-order valence-corrected chi connectivity index (χ1v) is 13.0. The molecule has 0 bridgehead atoms. The van der Waals surface area contributed by atoms with Gasteiger partial charge >= 0.3 is 6.18 Å². The van der Waals surface area contributed by atoms with E-state index in [1.807, 2.05) is 0 Å². The van der Waals surface area contributed by atoms with Gasteiger partial charge in [-0.1, -0.05) is 36.4 Å². The standard InChI is InChI=1S/C29H22F4N2O3S/c30-21-8-1-18(2-9-21)25(37)16-39-27-26(19-5-12-23(36)13-6-19)35(28(27)38)22-10-3-17(4-11-22)24-14-7-20(15-34-24)29(31,32)33/h1-15,25-27,36-37H,16H2/t25-,26+,27+/m0/s1. The molecule has 1 amide bonds. The molecule has 3 aromatic carbocycles. The highest BCUT2D eigenvalue weighted by molar-refractivity contribution is 8.00. The van der Waals surface area contributed by atoms with Gasteiger partial charge in [0.05, 0.1) is 23.4 Å². The van der Waals surface area contributed by atoms with Crippen molar-refractivity contribution >= 4 is 23.4 Å². The van der Waals surface area contributed by atoms with Gasteiger partial charge in [0, 0.05) is 23.2 Å². The number of halogens is 4. The lowest BCUT2D eigenvalue weighted by Crippen LogP contribution is -2.57. The number of phenols is 1. The van der Waals surface area contributed by atoms with Crippen molar-refractivity contribution < 1.29 is 32.6 Å². The summed E-state index contributed by atoms with van der Waals surface area (Å²) in [6, 6.07) is 20.7. The Balaban J connectivity index is 1.35. The van der Waals surface area contributed by atoms with Crippen molar-refractivity contribution in [2.75, 3.05) is 10.7 Å². The van der Waals surface area contributed by atoms with Crippen LogP contribution in [0.2, 0.25) is 0 Å². The second-order valence-corrected chi connectivity index (χ2v) is 10.2. The first kappa shape index (κ1) is 26.7.